The van der Waals surface area contributed by atoms with Crippen LogP contribution >= 0.6 is 0 Å². The van der Waals surface area contributed by atoms with Crippen LogP contribution in [0, 0.1) is 5.82 Å². The third kappa shape index (κ3) is 6.66. The van der Waals surface area contributed by atoms with E-state index < -0.39 is 6.61 Å². The number of alkyl halides is 2. The summed E-state index contributed by atoms with van der Waals surface area (Å²) in [4.78, 5) is 0. The lowest BCUT2D eigenvalue weighted by molar-refractivity contribution is -0.0498. The van der Waals surface area contributed by atoms with Gasteiger partial charge in [0.2, 0.25) is 0 Å². The molecule has 0 aliphatic heterocycles. The summed E-state index contributed by atoms with van der Waals surface area (Å²) in [6.07, 6.45) is 7.29. The number of hydrogen-bond acceptors (Lipinski definition) is 1. The maximum atomic E-state index is 15.2. The van der Waals surface area contributed by atoms with Gasteiger partial charge in [-0.1, -0.05) is 86.8 Å². The fourth-order valence-corrected chi connectivity index (χ4v) is 4.45. The zero-order valence-corrected chi connectivity index (χ0v) is 20.1. The Balaban J connectivity index is 1.42. The molecular formula is C31H31F3O. The van der Waals surface area contributed by atoms with E-state index in [2.05, 4.69) is 35.9 Å². The first-order valence-corrected chi connectivity index (χ1v) is 12.4. The van der Waals surface area contributed by atoms with Gasteiger partial charge >= 0.3 is 6.61 Å². The molecule has 0 atom stereocenters. The Hall–Kier alpha value is -3.27. The maximum absolute atomic E-state index is 15.2. The largest absolute Gasteiger partial charge is 0.435 e. The van der Waals surface area contributed by atoms with E-state index in [1.807, 2.05) is 30.3 Å². The van der Waals surface area contributed by atoms with Crippen LogP contribution in [-0.2, 0) is 19.3 Å². The fourth-order valence-electron chi connectivity index (χ4n) is 4.45. The number of halogens is 3. The van der Waals surface area contributed by atoms with Crippen LogP contribution in [0.25, 0.3) is 21.9 Å². The van der Waals surface area contributed by atoms with Gasteiger partial charge < -0.3 is 4.74 Å². The highest BCUT2D eigenvalue weighted by molar-refractivity contribution is 5.88. The molecule has 0 fully saturated rings. The molecule has 0 radical (unpaired) electrons. The smallest absolute Gasteiger partial charge is 0.387 e. The van der Waals surface area contributed by atoms with Gasteiger partial charge in [-0.05, 0) is 77.1 Å². The van der Waals surface area contributed by atoms with E-state index in [1.165, 1.54) is 43.4 Å². The summed E-state index contributed by atoms with van der Waals surface area (Å²) in [5.74, 6) is -0.0767. The lowest BCUT2D eigenvalue weighted by Gasteiger charge is -2.10. The Morgan fingerprint density at radius 2 is 1.37 bits per heavy atom. The number of aryl methyl sites for hydroxylation is 3. The molecule has 0 heterocycles. The summed E-state index contributed by atoms with van der Waals surface area (Å²) in [6.45, 7) is -0.614. The summed E-state index contributed by atoms with van der Waals surface area (Å²) < 4.78 is 44.2. The van der Waals surface area contributed by atoms with Crippen LogP contribution in [-0.4, -0.2) is 6.61 Å². The van der Waals surface area contributed by atoms with Crippen LogP contribution in [0.3, 0.4) is 0 Å². The Morgan fingerprint density at radius 1 is 0.686 bits per heavy atom. The number of benzene rings is 4. The van der Waals surface area contributed by atoms with Crippen molar-refractivity contribution in [2.45, 2.75) is 58.5 Å². The van der Waals surface area contributed by atoms with Gasteiger partial charge in [-0.3, -0.25) is 0 Å². The molecule has 1 nitrogen and oxygen atoms in total. The third-order valence-corrected chi connectivity index (χ3v) is 6.47. The molecule has 4 aromatic rings. The van der Waals surface area contributed by atoms with Crippen LogP contribution in [0.15, 0.2) is 78.9 Å². The normalized spacial score (nSPS) is 11.3. The lowest BCUT2D eigenvalue weighted by atomic mass is 9.96. The van der Waals surface area contributed by atoms with E-state index in [0.29, 0.717) is 23.8 Å². The van der Waals surface area contributed by atoms with Gasteiger partial charge in [-0.15, -0.1) is 0 Å². The molecule has 0 unspecified atom stereocenters. The molecule has 0 aliphatic carbocycles. The molecule has 0 saturated heterocycles. The van der Waals surface area contributed by atoms with Crippen molar-refractivity contribution in [3.8, 4) is 16.9 Å². The molecule has 35 heavy (non-hydrogen) atoms. The van der Waals surface area contributed by atoms with Crippen molar-refractivity contribution in [3.63, 3.8) is 0 Å². The SMILES string of the molecule is CCCCCCc1ccc(-c2ccc3c(F)c(CCc4ccc(OC(F)F)cc4)ccc3c2)cc1. The van der Waals surface area contributed by atoms with Gasteiger partial charge in [0.25, 0.3) is 0 Å². The minimum atomic E-state index is -2.84. The summed E-state index contributed by atoms with van der Waals surface area (Å²) in [6, 6.07) is 24.9. The molecule has 4 aromatic carbocycles. The highest BCUT2D eigenvalue weighted by atomic mass is 19.3. The average Bonchev–Trinajstić information content (AvgIpc) is 2.87. The summed E-state index contributed by atoms with van der Waals surface area (Å²) in [7, 11) is 0. The van der Waals surface area contributed by atoms with Crippen molar-refractivity contribution in [3.05, 3.63) is 101 Å². The highest BCUT2D eigenvalue weighted by Crippen LogP contribution is 2.28. The van der Waals surface area contributed by atoms with Gasteiger partial charge in [0, 0.05) is 5.39 Å². The minimum absolute atomic E-state index is 0.123. The summed E-state index contributed by atoms with van der Waals surface area (Å²) >= 11 is 0. The Morgan fingerprint density at radius 3 is 2.09 bits per heavy atom. The Bertz CT molecular complexity index is 1230. The van der Waals surface area contributed by atoms with Crippen LogP contribution in [0.2, 0.25) is 0 Å². The van der Waals surface area contributed by atoms with Crippen molar-refractivity contribution < 1.29 is 17.9 Å². The van der Waals surface area contributed by atoms with E-state index >= 15 is 4.39 Å². The first-order chi connectivity index (χ1) is 17.0. The second-order valence-corrected chi connectivity index (χ2v) is 9.00. The first kappa shape index (κ1) is 24.8. The van der Waals surface area contributed by atoms with Crippen LogP contribution in [0.4, 0.5) is 13.2 Å². The number of fused-ring (bicyclic) bond motifs is 1. The van der Waals surface area contributed by atoms with Crippen molar-refractivity contribution in [1.29, 1.82) is 0 Å². The molecule has 0 amide bonds. The Labute approximate surface area is 205 Å². The van der Waals surface area contributed by atoms with Gasteiger partial charge in [-0.2, -0.15) is 8.78 Å². The third-order valence-electron chi connectivity index (χ3n) is 6.47. The molecule has 0 bridgehead atoms. The maximum Gasteiger partial charge on any atom is 0.387 e. The summed E-state index contributed by atoms with van der Waals surface area (Å²) in [5.41, 5.74) is 5.15. The molecular weight excluding hydrogens is 445 g/mol. The van der Waals surface area contributed by atoms with Gasteiger partial charge in [-0.25, -0.2) is 4.39 Å². The van der Waals surface area contributed by atoms with Gasteiger partial charge in [0.1, 0.15) is 11.6 Å². The number of rotatable bonds is 11. The van der Waals surface area contributed by atoms with E-state index in [0.717, 1.165) is 28.5 Å². The van der Waals surface area contributed by atoms with Crippen LogP contribution in [0.5, 0.6) is 5.75 Å². The van der Waals surface area contributed by atoms with E-state index in [9.17, 15) is 8.78 Å². The van der Waals surface area contributed by atoms with Crippen molar-refractivity contribution in [2.75, 3.05) is 0 Å². The van der Waals surface area contributed by atoms with Gasteiger partial charge in [0.05, 0.1) is 0 Å². The van der Waals surface area contributed by atoms with E-state index in [4.69, 9.17) is 0 Å². The molecule has 0 saturated carbocycles. The second-order valence-electron chi connectivity index (χ2n) is 9.00. The number of ether oxygens (including phenoxy) is 1. The summed E-state index contributed by atoms with van der Waals surface area (Å²) in [5, 5.41) is 1.49. The first-order valence-electron chi connectivity index (χ1n) is 12.4. The molecule has 0 aliphatic rings. The average molecular weight is 477 g/mol. The van der Waals surface area contributed by atoms with E-state index in [-0.39, 0.29) is 11.6 Å². The number of unbranched alkanes of at least 4 members (excludes halogenated alkanes) is 3. The van der Waals surface area contributed by atoms with Crippen molar-refractivity contribution in [2.24, 2.45) is 0 Å². The van der Waals surface area contributed by atoms with Gasteiger partial charge in [0.15, 0.2) is 0 Å². The Kier molecular flexibility index (Phi) is 8.46. The standard InChI is InChI=1S/C31H31F3O/c1-2-3-4-5-6-22-7-12-24(13-8-22)26-17-20-29-27(21-26)16-15-25(30(29)32)14-9-23-10-18-28(19-11-23)35-31(33)34/h7-8,10-13,15-21,31H,2-6,9,14H2,1H3. The van der Waals surface area contributed by atoms with Crippen molar-refractivity contribution in [1.82, 2.24) is 0 Å². The second kappa shape index (κ2) is 11.9. The fraction of sp³-hybridized carbons (Fsp3) is 0.290. The zero-order valence-electron chi connectivity index (χ0n) is 20.1. The minimum Gasteiger partial charge on any atom is -0.435 e. The predicted octanol–water partition coefficient (Wildman–Crippen LogP) is 9.16. The quantitative estimate of drug-likeness (QED) is 0.196. The zero-order chi connectivity index (χ0) is 24.6. The highest BCUT2D eigenvalue weighted by Gasteiger charge is 2.10. The topological polar surface area (TPSA) is 9.23 Å². The van der Waals surface area contributed by atoms with Crippen LogP contribution < -0.4 is 4.74 Å². The molecule has 182 valence electrons. The predicted molar refractivity (Wildman–Crippen MR) is 138 cm³/mol. The number of hydrogen-bond donors (Lipinski definition) is 0. The molecule has 0 aromatic heterocycles. The van der Waals surface area contributed by atoms with Crippen LogP contribution in [0.1, 0.15) is 49.3 Å². The molecule has 0 N–H and O–H groups in total. The molecule has 4 rings (SSSR count). The molecule has 0 spiro atoms. The van der Waals surface area contributed by atoms with Crippen molar-refractivity contribution >= 4 is 10.8 Å². The molecule has 4 heteroatoms. The monoisotopic (exact) mass is 476 g/mol. The van der Waals surface area contributed by atoms with E-state index in [1.54, 1.807) is 12.1 Å². The lowest BCUT2D eigenvalue weighted by Crippen LogP contribution is -2.02.